The minimum Gasteiger partial charge on any atom is -0.497 e. The number of carbonyl (C=O) groups is 3. The molecule has 1 saturated heterocycles. The number of amides is 3. The summed E-state index contributed by atoms with van der Waals surface area (Å²) in [4.78, 5) is 68.3. The highest BCUT2D eigenvalue weighted by Gasteiger charge is 2.56. The van der Waals surface area contributed by atoms with Gasteiger partial charge in [0, 0.05) is 48.4 Å². The molecule has 12 nitrogen and oxygen atoms in total. The maximum atomic E-state index is 14.1. The maximum absolute atomic E-state index is 14.1. The number of nitro groups is 1. The van der Waals surface area contributed by atoms with Crippen molar-refractivity contribution in [1.29, 1.82) is 0 Å². The number of anilines is 3. The first-order chi connectivity index (χ1) is 21.6. The van der Waals surface area contributed by atoms with Crippen molar-refractivity contribution in [3.63, 3.8) is 0 Å². The molecule has 2 aliphatic rings. The number of thioether (sulfide) groups is 1. The van der Waals surface area contributed by atoms with E-state index in [4.69, 9.17) is 4.74 Å². The number of fused-ring (bicyclic) bond motifs is 2. The number of carbonyl (C=O) groups excluding carboxylic acids is 3. The Morgan fingerprint density at radius 1 is 0.978 bits per heavy atom. The fourth-order valence-electron chi connectivity index (χ4n) is 5.59. The lowest BCUT2D eigenvalue weighted by Crippen LogP contribution is -2.33. The van der Waals surface area contributed by atoms with Gasteiger partial charge in [-0.3, -0.25) is 33.9 Å². The highest BCUT2D eigenvalue weighted by atomic mass is 32.2. The number of thiazole rings is 1. The minimum atomic E-state index is -0.886. The Balaban J connectivity index is 1.38. The molecule has 2 aliphatic heterocycles. The number of ether oxygens (including phenoxy) is 1. The van der Waals surface area contributed by atoms with Crippen molar-refractivity contribution >= 4 is 63.6 Å². The number of hydrogen-bond acceptors (Lipinski definition) is 10. The van der Waals surface area contributed by atoms with E-state index in [2.05, 4.69) is 5.32 Å². The van der Waals surface area contributed by atoms with Crippen molar-refractivity contribution in [1.82, 2.24) is 4.57 Å². The second-order valence-electron chi connectivity index (χ2n) is 10.7. The Morgan fingerprint density at radius 3 is 2.24 bits per heavy atom. The summed E-state index contributed by atoms with van der Waals surface area (Å²) in [5, 5.41) is 13.5. The van der Waals surface area contributed by atoms with Gasteiger partial charge in [-0.2, -0.15) is 0 Å². The van der Waals surface area contributed by atoms with E-state index in [1.807, 2.05) is 43.3 Å². The van der Waals surface area contributed by atoms with Crippen LogP contribution in [0.2, 0.25) is 0 Å². The van der Waals surface area contributed by atoms with Crippen LogP contribution in [0.1, 0.15) is 16.4 Å². The standard InChI is InChI=1S/C31H27N5O7S2/c1-33(2)19-8-4-17(5-9-19)24-25-26(29(39)35(28(25)38)20-10-12-21(13-11-20)36(41)42)44-30-27(24)45-31(40)34(30)16-23(37)32-18-6-14-22(43-3)15-7-18/h4-15,24-26H,16H2,1-3H3,(H,32,37). The van der Waals surface area contributed by atoms with Crippen LogP contribution in [0.4, 0.5) is 22.7 Å². The summed E-state index contributed by atoms with van der Waals surface area (Å²) in [5.74, 6) is -2.22. The molecular weight excluding hydrogens is 619 g/mol. The van der Waals surface area contributed by atoms with Crippen LogP contribution in [0, 0.1) is 16.0 Å². The molecule has 3 heterocycles. The lowest BCUT2D eigenvalue weighted by atomic mass is 9.83. The van der Waals surface area contributed by atoms with Gasteiger partial charge < -0.3 is 15.0 Å². The van der Waals surface area contributed by atoms with Crippen LogP contribution in [0.25, 0.3) is 0 Å². The van der Waals surface area contributed by atoms with Crippen LogP contribution < -0.4 is 24.7 Å². The van der Waals surface area contributed by atoms with E-state index >= 15 is 0 Å². The van der Waals surface area contributed by atoms with Gasteiger partial charge in [-0.25, -0.2) is 4.90 Å². The van der Waals surface area contributed by atoms with Gasteiger partial charge in [-0.1, -0.05) is 35.2 Å². The molecule has 1 N–H and O–H groups in total. The quantitative estimate of drug-likeness (QED) is 0.168. The summed E-state index contributed by atoms with van der Waals surface area (Å²) in [6, 6.07) is 19.6. The topological polar surface area (TPSA) is 144 Å². The second-order valence-corrected chi connectivity index (χ2v) is 12.8. The minimum absolute atomic E-state index is 0.164. The van der Waals surface area contributed by atoms with Gasteiger partial charge in [0.05, 0.1) is 28.7 Å². The van der Waals surface area contributed by atoms with Crippen LogP contribution in [0.15, 0.2) is 82.6 Å². The molecular formula is C31H27N5O7S2. The molecule has 0 radical (unpaired) electrons. The first kappa shape index (κ1) is 30.1. The lowest BCUT2D eigenvalue weighted by Gasteiger charge is -2.31. The molecule has 14 heteroatoms. The van der Waals surface area contributed by atoms with E-state index in [0.717, 1.165) is 39.2 Å². The van der Waals surface area contributed by atoms with E-state index in [9.17, 15) is 29.3 Å². The number of imide groups is 1. The van der Waals surface area contributed by atoms with Crippen molar-refractivity contribution in [2.45, 2.75) is 22.7 Å². The number of rotatable bonds is 8. The Hall–Kier alpha value is -4.95. The first-order valence-electron chi connectivity index (χ1n) is 13.8. The second kappa shape index (κ2) is 11.9. The number of benzene rings is 3. The average molecular weight is 646 g/mol. The largest absolute Gasteiger partial charge is 0.497 e. The third-order valence-electron chi connectivity index (χ3n) is 7.81. The monoisotopic (exact) mass is 645 g/mol. The summed E-state index contributed by atoms with van der Waals surface area (Å²) in [5.41, 5.74) is 2.28. The zero-order valence-corrected chi connectivity index (χ0v) is 26.0. The van der Waals surface area contributed by atoms with Crippen LogP contribution in [-0.4, -0.2) is 53.7 Å². The summed E-state index contributed by atoms with van der Waals surface area (Å²) in [6.45, 7) is -0.290. The molecule has 0 spiro atoms. The zero-order valence-electron chi connectivity index (χ0n) is 24.3. The molecule has 6 rings (SSSR count). The van der Waals surface area contributed by atoms with Crippen molar-refractivity contribution in [2.24, 2.45) is 5.92 Å². The third-order valence-corrected chi connectivity index (χ3v) is 10.4. The van der Waals surface area contributed by atoms with Crippen LogP contribution in [-0.2, 0) is 20.9 Å². The van der Waals surface area contributed by atoms with Gasteiger partial charge in [0.15, 0.2) is 0 Å². The average Bonchev–Trinajstić information content (AvgIpc) is 3.47. The Bertz CT molecular complexity index is 1870. The third kappa shape index (κ3) is 5.46. The van der Waals surface area contributed by atoms with Gasteiger partial charge in [0.1, 0.15) is 17.5 Å². The molecule has 3 amide bonds. The summed E-state index contributed by atoms with van der Waals surface area (Å²) < 4.78 is 6.51. The normalized spacial score (nSPS) is 18.7. The van der Waals surface area contributed by atoms with E-state index in [0.29, 0.717) is 21.3 Å². The Kier molecular flexibility index (Phi) is 7.93. The molecule has 3 aromatic carbocycles. The molecule has 1 fully saturated rings. The molecule has 4 aromatic rings. The van der Waals surface area contributed by atoms with Crippen molar-refractivity contribution in [2.75, 3.05) is 36.3 Å². The molecule has 45 heavy (non-hydrogen) atoms. The number of hydrogen-bond donors (Lipinski definition) is 1. The van der Waals surface area contributed by atoms with Gasteiger partial charge in [-0.05, 0) is 54.1 Å². The van der Waals surface area contributed by atoms with E-state index in [1.165, 1.54) is 28.8 Å². The van der Waals surface area contributed by atoms with Crippen molar-refractivity contribution in [3.05, 3.63) is 103 Å². The highest BCUT2D eigenvalue weighted by molar-refractivity contribution is 8.00. The summed E-state index contributed by atoms with van der Waals surface area (Å²) in [7, 11) is 5.36. The molecule has 230 valence electrons. The molecule has 0 saturated carbocycles. The maximum Gasteiger partial charge on any atom is 0.308 e. The van der Waals surface area contributed by atoms with Crippen molar-refractivity contribution in [3.8, 4) is 5.75 Å². The predicted octanol–water partition coefficient (Wildman–Crippen LogP) is 4.33. The van der Waals surface area contributed by atoms with Gasteiger partial charge >= 0.3 is 4.87 Å². The molecule has 3 unspecified atom stereocenters. The fraction of sp³-hybridized carbons (Fsp3) is 0.226. The number of nitrogens with zero attached hydrogens (tertiary/aromatic N) is 4. The Labute approximate surface area is 265 Å². The van der Waals surface area contributed by atoms with Crippen LogP contribution in [0.5, 0.6) is 5.75 Å². The number of nitrogens with one attached hydrogen (secondary N) is 1. The lowest BCUT2D eigenvalue weighted by molar-refractivity contribution is -0.384. The van der Waals surface area contributed by atoms with Gasteiger partial charge in [0.25, 0.3) is 5.69 Å². The summed E-state index contributed by atoms with van der Waals surface area (Å²) in [6.07, 6.45) is 0. The van der Waals surface area contributed by atoms with Crippen LogP contribution >= 0.6 is 23.1 Å². The smallest absolute Gasteiger partial charge is 0.308 e. The molecule has 0 aliphatic carbocycles. The SMILES string of the molecule is COc1ccc(NC(=O)Cn2c3c(sc2=O)C(c2ccc(N(C)C)cc2)C2C(=O)N(c4ccc([N+](=O)[O-])cc4)C(=O)C2S3)cc1. The molecule has 0 bridgehead atoms. The molecule has 3 atom stereocenters. The number of non-ortho nitro benzene ring substituents is 1. The van der Waals surface area contributed by atoms with Gasteiger partial charge in [-0.15, -0.1) is 0 Å². The van der Waals surface area contributed by atoms with Crippen LogP contribution in [0.3, 0.4) is 0 Å². The van der Waals surface area contributed by atoms with E-state index in [-0.39, 0.29) is 22.8 Å². The van der Waals surface area contributed by atoms with E-state index < -0.39 is 39.7 Å². The Morgan fingerprint density at radius 2 is 1.64 bits per heavy atom. The first-order valence-corrected chi connectivity index (χ1v) is 15.5. The number of nitro benzene ring substituents is 1. The summed E-state index contributed by atoms with van der Waals surface area (Å²) >= 11 is 2.06. The molecule has 1 aromatic heterocycles. The highest BCUT2D eigenvalue weighted by Crippen LogP contribution is 2.54. The fourth-order valence-corrected chi connectivity index (χ4v) is 8.36. The van der Waals surface area contributed by atoms with E-state index in [1.54, 1.807) is 31.4 Å². The number of methoxy groups -OCH3 is 1. The van der Waals surface area contributed by atoms with Gasteiger partial charge in [0.2, 0.25) is 17.7 Å². The predicted molar refractivity (Wildman–Crippen MR) is 172 cm³/mol. The number of aromatic nitrogens is 1. The van der Waals surface area contributed by atoms with Crippen molar-refractivity contribution < 1.29 is 24.0 Å². The zero-order chi connectivity index (χ0) is 32.0.